The highest BCUT2D eigenvalue weighted by Gasteiger charge is 2.22. The molecule has 0 bridgehead atoms. The fourth-order valence-electron chi connectivity index (χ4n) is 2.43. The molecule has 0 saturated heterocycles. The molecule has 2 rings (SSSR count). The first-order chi connectivity index (χ1) is 8.61. The summed E-state index contributed by atoms with van der Waals surface area (Å²) in [4.78, 5) is 22.9. The standard InChI is InChI=1S/C14H17NO3/c1-15-12(8-13(16)17)14(18)11-6-5-9-3-2-4-10(9)7-11/h5-7,12,15H,2-4,8H2,1H3,(H,16,17). The Balaban J connectivity index is 2.19. The lowest BCUT2D eigenvalue weighted by atomic mass is 9.98. The van der Waals surface area contributed by atoms with Gasteiger partial charge < -0.3 is 10.4 Å². The number of fused-ring (bicyclic) bond motifs is 1. The Morgan fingerprint density at radius 1 is 1.33 bits per heavy atom. The van der Waals surface area contributed by atoms with E-state index in [1.54, 1.807) is 13.1 Å². The van der Waals surface area contributed by atoms with Crippen LogP contribution in [0.25, 0.3) is 0 Å². The number of nitrogens with one attached hydrogen (secondary N) is 1. The first kappa shape index (κ1) is 12.8. The van der Waals surface area contributed by atoms with Gasteiger partial charge in [0, 0.05) is 5.56 Å². The van der Waals surface area contributed by atoms with Gasteiger partial charge in [-0.25, -0.2) is 0 Å². The molecule has 4 nitrogen and oxygen atoms in total. The minimum atomic E-state index is -0.969. The number of hydrogen-bond donors (Lipinski definition) is 2. The predicted octanol–water partition coefficient (Wildman–Crippen LogP) is 1.42. The van der Waals surface area contributed by atoms with Crippen LogP contribution in [0.3, 0.4) is 0 Å². The molecule has 0 fully saturated rings. The largest absolute Gasteiger partial charge is 0.481 e. The average Bonchev–Trinajstić information content (AvgIpc) is 2.81. The van der Waals surface area contributed by atoms with Gasteiger partial charge in [0.2, 0.25) is 0 Å². The van der Waals surface area contributed by atoms with Crippen molar-refractivity contribution in [1.29, 1.82) is 0 Å². The summed E-state index contributed by atoms with van der Waals surface area (Å²) in [6, 6.07) is 5.06. The van der Waals surface area contributed by atoms with Crippen molar-refractivity contribution in [2.75, 3.05) is 7.05 Å². The highest BCUT2D eigenvalue weighted by atomic mass is 16.4. The maximum absolute atomic E-state index is 12.2. The molecule has 1 aliphatic carbocycles. The molecular weight excluding hydrogens is 230 g/mol. The number of aryl methyl sites for hydroxylation is 2. The zero-order valence-corrected chi connectivity index (χ0v) is 10.4. The van der Waals surface area contributed by atoms with Crippen LogP contribution in [-0.4, -0.2) is 29.9 Å². The Hall–Kier alpha value is -1.68. The average molecular weight is 247 g/mol. The van der Waals surface area contributed by atoms with E-state index in [0.29, 0.717) is 5.56 Å². The zero-order valence-electron chi connectivity index (χ0n) is 10.4. The summed E-state index contributed by atoms with van der Waals surface area (Å²) >= 11 is 0. The molecule has 4 heteroatoms. The number of carbonyl (C=O) groups excluding carboxylic acids is 1. The van der Waals surface area contributed by atoms with Gasteiger partial charge in [0.25, 0.3) is 0 Å². The molecule has 1 aromatic rings. The molecule has 0 aliphatic heterocycles. The highest BCUT2D eigenvalue weighted by molar-refractivity contribution is 6.01. The third-order valence-corrected chi connectivity index (χ3v) is 3.43. The lowest BCUT2D eigenvalue weighted by molar-refractivity contribution is -0.137. The SMILES string of the molecule is CNC(CC(=O)O)C(=O)c1ccc2c(c1)CCC2. The van der Waals surface area contributed by atoms with Gasteiger partial charge in [0.15, 0.2) is 5.78 Å². The van der Waals surface area contributed by atoms with Gasteiger partial charge in [0.05, 0.1) is 12.5 Å². The second-order valence-electron chi connectivity index (χ2n) is 4.64. The molecule has 1 unspecified atom stereocenters. The quantitative estimate of drug-likeness (QED) is 0.772. The van der Waals surface area contributed by atoms with Gasteiger partial charge in [-0.15, -0.1) is 0 Å². The van der Waals surface area contributed by atoms with Crippen molar-refractivity contribution in [3.63, 3.8) is 0 Å². The number of ketones is 1. The van der Waals surface area contributed by atoms with E-state index in [1.807, 2.05) is 12.1 Å². The Labute approximate surface area is 106 Å². The van der Waals surface area contributed by atoms with E-state index in [2.05, 4.69) is 5.32 Å². The molecule has 0 amide bonds. The molecule has 0 radical (unpaired) electrons. The number of likely N-dealkylation sites (N-methyl/N-ethyl adjacent to an activating group) is 1. The van der Waals surface area contributed by atoms with Crippen molar-refractivity contribution in [3.05, 3.63) is 34.9 Å². The van der Waals surface area contributed by atoms with Crippen LogP contribution in [0.15, 0.2) is 18.2 Å². The Bertz CT molecular complexity index is 482. The highest BCUT2D eigenvalue weighted by Crippen LogP contribution is 2.23. The van der Waals surface area contributed by atoms with Crippen LogP contribution in [0.2, 0.25) is 0 Å². The lowest BCUT2D eigenvalue weighted by Crippen LogP contribution is -2.36. The molecular formula is C14H17NO3. The van der Waals surface area contributed by atoms with Crippen LogP contribution in [0.4, 0.5) is 0 Å². The maximum atomic E-state index is 12.2. The second-order valence-corrected chi connectivity index (χ2v) is 4.64. The van der Waals surface area contributed by atoms with Gasteiger partial charge in [-0.05, 0) is 43.5 Å². The molecule has 96 valence electrons. The predicted molar refractivity (Wildman–Crippen MR) is 67.9 cm³/mol. The smallest absolute Gasteiger partial charge is 0.305 e. The molecule has 2 N–H and O–H groups in total. The minimum absolute atomic E-state index is 0.144. The number of Topliss-reactive ketones (excluding diaryl/α,β-unsaturated/α-hetero) is 1. The van der Waals surface area contributed by atoms with Gasteiger partial charge in [-0.1, -0.05) is 12.1 Å². The van der Waals surface area contributed by atoms with E-state index in [-0.39, 0.29) is 12.2 Å². The van der Waals surface area contributed by atoms with Crippen molar-refractivity contribution in [2.45, 2.75) is 31.7 Å². The van der Waals surface area contributed by atoms with E-state index >= 15 is 0 Å². The topological polar surface area (TPSA) is 66.4 Å². The normalized spacial score (nSPS) is 15.2. The molecule has 0 saturated carbocycles. The van der Waals surface area contributed by atoms with Crippen LogP contribution in [0.5, 0.6) is 0 Å². The summed E-state index contributed by atoms with van der Waals surface area (Å²) in [7, 11) is 1.61. The van der Waals surface area contributed by atoms with E-state index in [4.69, 9.17) is 5.11 Å². The summed E-state index contributed by atoms with van der Waals surface area (Å²) < 4.78 is 0. The molecule has 0 aromatic heterocycles. The van der Waals surface area contributed by atoms with E-state index < -0.39 is 12.0 Å². The number of hydrogen-bond acceptors (Lipinski definition) is 3. The number of carboxylic acids is 1. The van der Waals surface area contributed by atoms with Crippen LogP contribution in [0, 0.1) is 0 Å². The summed E-state index contributed by atoms with van der Waals surface area (Å²) in [6.07, 6.45) is 3.04. The fraction of sp³-hybridized carbons (Fsp3) is 0.429. The molecule has 0 spiro atoms. The second kappa shape index (κ2) is 5.31. The summed E-state index contributed by atoms with van der Waals surface area (Å²) in [6.45, 7) is 0. The Morgan fingerprint density at radius 3 is 2.72 bits per heavy atom. The maximum Gasteiger partial charge on any atom is 0.305 e. The van der Waals surface area contributed by atoms with Gasteiger partial charge >= 0.3 is 5.97 Å². The third-order valence-electron chi connectivity index (χ3n) is 3.43. The lowest BCUT2D eigenvalue weighted by Gasteiger charge is -2.13. The number of benzene rings is 1. The first-order valence-electron chi connectivity index (χ1n) is 6.17. The number of aliphatic carboxylic acids is 1. The van der Waals surface area contributed by atoms with Crippen molar-refractivity contribution < 1.29 is 14.7 Å². The molecule has 0 heterocycles. The monoisotopic (exact) mass is 247 g/mol. The third kappa shape index (κ3) is 2.59. The molecule has 1 atom stereocenters. The number of carbonyl (C=O) groups is 2. The Morgan fingerprint density at radius 2 is 2.06 bits per heavy atom. The first-order valence-corrected chi connectivity index (χ1v) is 6.17. The summed E-state index contributed by atoms with van der Waals surface area (Å²) in [5, 5.41) is 11.5. The molecule has 1 aromatic carbocycles. The number of carboxylic acid groups (broad SMARTS) is 1. The molecule has 1 aliphatic rings. The van der Waals surface area contributed by atoms with E-state index in [1.165, 1.54) is 11.1 Å². The zero-order chi connectivity index (χ0) is 13.1. The van der Waals surface area contributed by atoms with Crippen molar-refractivity contribution in [3.8, 4) is 0 Å². The fourth-order valence-corrected chi connectivity index (χ4v) is 2.43. The van der Waals surface area contributed by atoms with Crippen LogP contribution < -0.4 is 5.32 Å². The van der Waals surface area contributed by atoms with Gasteiger partial charge in [0.1, 0.15) is 0 Å². The summed E-state index contributed by atoms with van der Waals surface area (Å²) in [5.74, 6) is -1.11. The van der Waals surface area contributed by atoms with E-state index in [9.17, 15) is 9.59 Å². The summed E-state index contributed by atoms with van der Waals surface area (Å²) in [5.41, 5.74) is 3.15. The van der Waals surface area contributed by atoms with Crippen LogP contribution in [0.1, 0.15) is 34.3 Å². The van der Waals surface area contributed by atoms with Crippen molar-refractivity contribution in [2.24, 2.45) is 0 Å². The van der Waals surface area contributed by atoms with Crippen molar-refractivity contribution >= 4 is 11.8 Å². The van der Waals surface area contributed by atoms with E-state index in [0.717, 1.165) is 19.3 Å². The Kier molecular flexibility index (Phi) is 3.77. The van der Waals surface area contributed by atoms with Gasteiger partial charge in [-0.2, -0.15) is 0 Å². The van der Waals surface area contributed by atoms with Gasteiger partial charge in [-0.3, -0.25) is 9.59 Å². The molecule has 18 heavy (non-hydrogen) atoms. The van der Waals surface area contributed by atoms with Crippen LogP contribution in [-0.2, 0) is 17.6 Å². The number of rotatable bonds is 5. The minimum Gasteiger partial charge on any atom is -0.481 e. The van der Waals surface area contributed by atoms with Crippen LogP contribution >= 0.6 is 0 Å². The van der Waals surface area contributed by atoms with Crippen molar-refractivity contribution in [1.82, 2.24) is 5.32 Å².